The van der Waals surface area contributed by atoms with Gasteiger partial charge in [0.05, 0.1) is 5.60 Å². The van der Waals surface area contributed by atoms with Gasteiger partial charge in [-0.2, -0.15) is 0 Å². The van der Waals surface area contributed by atoms with Crippen LogP contribution in [0.2, 0.25) is 0 Å². The van der Waals surface area contributed by atoms with Crippen LogP contribution in [0.1, 0.15) is 59.3 Å². The van der Waals surface area contributed by atoms with Crippen LogP contribution in [0, 0.1) is 11.8 Å². The molecule has 3 nitrogen and oxygen atoms in total. The lowest BCUT2D eigenvalue weighted by molar-refractivity contribution is -0.127. The summed E-state index contributed by atoms with van der Waals surface area (Å²) in [6.07, 6.45) is 5.98. The minimum absolute atomic E-state index is 0.133. The van der Waals surface area contributed by atoms with E-state index in [2.05, 4.69) is 12.2 Å². The van der Waals surface area contributed by atoms with Crippen molar-refractivity contribution in [2.45, 2.75) is 64.9 Å². The number of nitrogens with one attached hydrogen (secondary N) is 1. The summed E-state index contributed by atoms with van der Waals surface area (Å²) in [5, 5.41) is 12.9. The van der Waals surface area contributed by atoms with Crippen molar-refractivity contribution in [1.82, 2.24) is 5.32 Å². The molecule has 0 bridgehead atoms. The molecular formula is C14H27NO2. The fourth-order valence-corrected chi connectivity index (χ4v) is 2.57. The van der Waals surface area contributed by atoms with Gasteiger partial charge >= 0.3 is 0 Å². The third-order valence-corrected chi connectivity index (χ3v) is 3.82. The molecule has 0 aromatic heterocycles. The maximum Gasteiger partial charge on any atom is 0.223 e. The number of hydrogen-bond acceptors (Lipinski definition) is 2. The quantitative estimate of drug-likeness (QED) is 0.777. The Morgan fingerprint density at radius 1 is 1.35 bits per heavy atom. The summed E-state index contributed by atoms with van der Waals surface area (Å²) >= 11 is 0. The Hall–Kier alpha value is -0.570. The van der Waals surface area contributed by atoms with Gasteiger partial charge in [-0.25, -0.2) is 0 Å². The van der Waals surface area contributed by atoms with Crippen molar-refractivity contribution in [2.24, 2.45) is 11.8 Å². The normalized spacial score (nSPS) is 28.5. The van der Waals surface area contributed by atoms with Crippen LogP contribution in [-0.4, -0.2) is 23.2 Å². The first kappa shape index (κ1) is 14.5. The molecule has 0 heterocycles. The van der Waals surface area contributed by atoms with E-state index in [1.54, 1.807) is 6.92 Å². The summed E-state index contributed by atoms with van der Waals surface area (Å²) in [7, 11) is 0. The molecule has 1 saturated carbocycles. The fraction of sp³-hybridized carbons (Fsp3) is 0.929. The van der Waals surface area contributed by atoms with E-state index >= 15 is 0 Å². The van der Waals surface area contributed by atoms with Gasteiger partial charge < -0.3 is 10.4 Å². The van der Waals surface area contributed by atoms with E-state index in [0.717, 1.165) is 44.4 Å². The molecule has 2 N–H and O–H groups in total. The lowest BCUT2D eigenvalue weighted by Crippen LogP contribution is -2.43. The highest BCUT2D eigenvalue weighted by Crippen LogP contribution is 2.28. The SMILES string of the molecule is CCCC(C)(O)CNC(=O)C1CCC(C)CC1. The maximum atomic E-state index is 11.9. The monoisotopic (exact) mass is 241 g/mol. The molecule has 1 amide bonds. The molecule has 1 aliphatic carbocycles. The molecule has 100 valence electrons. The molecule has 0 aliphatic heterocycles. The van der Waals surface area contributed by atoms with Crippen LogP contribution in [0.5, 0.6) is 0 Å². The molecule has 1 aliphatic rings. The van der Waals surface area contributed by atoms with Gasteiger partial charge in [-0.3, -0.25) is 4.79 Å². The molecule has 3 heteroatoms. The van der Waals surface area contributed by atoms with Gasteiger partial charge in [-0.1, -0.05) is 20.3 Å². The predicted molar refractivity (Wildman–Crippen MR) is 69.7 cm³/mol. The Bertz CT molecular complexity index is 243. The van der Waals surface area contributed by atoms with E-state index < -0.39 is 5.60 Å². The zero-order valence-electron chi connectivity index (χ0n) is 11.5. The Labute approximate surface area is 105 Å². The van der Waals surface area contributed by atoms with Crippen molar-refractivity contribution in [3.05, 3.63) is 0 Å². The summed E-state index contributed by atoms with van der Waals surface area (Å²) in [4.78, 5) is 11.9. The van der Waals surface area contributed by atoms with E-state index in [9.17, 15) is 9.90 Å². The average Bonchev–Trinajstić information content (AvgIpc) is 2.27. The summed E-state index contributed by atoms with van der Waals surface area (Å²) in [6.45, 7) is 6.46. The van der Waals surface area contributed by atoms with E-state index in [1.165, 1.54) is 0 Å². The topological polar surface area (TPSA) is 49.3 Å². The first-order valence-corrected chi connectivity index (χ1v) is 6.94. The first-order chi connectivity index (χ1) is 7.94. The third-order valence-electron chi connectivity index (χ3n) is 3.82. The molecule has 1 rings (SSSR count). The maximum absolute atomic E-state index is 11.9. The molecule has 1 atom stereocenters. The summed E-state index contributed by atoms with van der Waals surface area (Å²) < 4.78 is 0. The Balaban J connectivity index is 2.29. The largest absolute Gasteiger partial charge is 0.388 e. The van der Waals surface area contributed by atoms with E-state index in [-0.39, 0.29) is 11.8 Å². The minimum atomic E-state index is -0.758. The van der Waals surface area contributed by atoms with Crippen molar-refractivity contribution in [3.63, 3.8) is 0 Å². The second kappa shape index (κ2) is 6.39. The highest BCUT2D eigenvalue weighted by atomic mass is 16.3. The molecule has 17 heavy (non-hydrogen) atoms. The van der Waals surface area contributed by atoms with E-state index in [4.69, 9.17) is 0 Å². The lowest BCUT2D eigenvalue weighted by Gasteiger charge is -2.28. The van der Waals surface area contributed by atoms with Crippen LogP contribution in [-0.2, 0) is 4.79 Å². The summed E-state index contributed by atoms with van der Waals surface area (Å²) in [5.74, 6) is 1.07. The summed E-state index contributed by atoms with van der Waals surface area (Å²) in [5.41, 5.74) is -0.758. The van der Waals surface area contributed by atoms with Crippen molar-refractivity contribution >= 4 is 5.91 Å². The molecule has 0 saturated heterocycles. The van der Waals surface area contributed by atoms with Crippen LogP contribution >= 0.6 is 0 Å². The molecule has 0 spiro atoms. The van der Waals surface area contributed by atoms with Gasteiger partial charge in [0.2, 0.25) is 5.91 Å². The molecule has 0 aromatic carbocycles. The van der Waals surface area contributed by atoms with E-state index in [0.29, 0.717) is 6.54 Å². The van der Waals surface area contributed by atoms with Gasteiger partial charge in [0.25, 0.3) is 0 Å². The van der Waals surface area contributed by atoms with Crippen LogP contribution in [0.25, 0.3) is 0 Å². The van der Waals surface area contributed by atoms with Gasteiger partial charge in [0, 0.05) is 12.5 Å². The van der Waals surface area contributed by atoms with Crippen molar-refractivity contribution in [2.75, 3.05) is 6.54 Å². The van der Waals surface area contributed by atoms with Gasteiger partial charge in [-0.05, 0) is 44.9 Å². The molecule has 1 fully saturated rings. The zero-order valence-corrected chi connectivity index (χ0v) is 11.5. The Morgan fingerprint density at radius 3 is 2.47 bits per heavy atom. The van der Waals surface area contributed by atoms with Gasteiger partial charge in [0.1, 0.15) is 0 Å². The molecule has 1 unspecified atom stereocenters. The fourth-order valence-electron chi connectivity index (χ4n) is 2.57. The average molecular weight is 241 g/mol. The smallest absolute Gasteiger partial charge is 0.223 e. The Kier molecular flexibility index (Phi) is 5.44. The van der Waals surface area contributed by atoms with Crippen molar-refractivity contribution in [3.8, 4) is 0 Å². The first-order valence-electron chi connectivity index (χ1n) is 6.94. The molecular weight excluding hydrogens is 214 g/mol. The van der Waals surface area contributed by atoms with Gasteiger partial charge in [0.15, 0.2) is 0 Å². The third kappa shape index (κ3) is 5.07. The summed E-state index contributed by atoms with van der Waals surface area (Å²) in [6, 6.07) is 0. The van der Waals surface area contributed by atoms with Crippen LogP contribution in [0.15, 0.2) is 0 Å². The minimum Gasteiger partial charge on any atom is -0.388 e. The molecule has 0 radical (unpaired) electrons. The van der Waals surface area contributed by atoms with Crippen LogP contribution < -0.4 is 5.32 Å². The number of carbonyl (C=O) groups excluding carboxylic acids is 1. The van der Waals surface area contributed by atoms with Crippen LogP contribution in [0.3, 0.4) is 0 Å². The molecule has 0 aromatic rings. The predicted octanol–water partition coefficient (Wildman–Crippen LogP) is 2.48. The van der Waals surface area contributed by atoms with E-state index in [1.807, 2.05) is 6.92 Å². The Morgan fingerprint density at radius 2 is 1.94 bits per heavy atom. The number of aliphatic hydroxyl groups is 1. The van der Waals surface area contributed by atoms with Crippen LogP contribution in [0.4, 0.5) is 0 Å². The lowest BCUT2D eigenvalue weighted by atomic mass is 9.82. The van der Waals surface area contributed by atoms with Gasteiger partial charge in [-0.15, -0.1) is 0 Å². The highest BCUT2D eigenvalue weighted by molar-refractivity contribution is 5.78. The number of hydrogen-bond donors (Lipinski definition) is 2. The standard InChI is InChI=1S/C14H27NO2/c1-4-9-14(3,17)10-15-13(16)12-7-5-11(2)6-8-12/h11-12,17H,4-10H2,1-3H3,(H,15,16). The van der Waals surface area contributed by atoms with Crippen molar-refractivity contribution < 1.29 is 9.90 Å². The van der Waals surface area contributed by atoms with Crippen molar-refractivity contribution in [1.29, 1.82) is 0 Å². The zero-order chi connectivity index (χ0) is 12.9. The number of rotatable bonds is 5. The second-order valence-electron chi connectivity index (χ2n) is 5.92. The number of carbonyl (C=O) groups is 1. The number of amides is 1. The highest BCUT2D eigenvalue weighted by Gasteiger charge is 2.26. The second-order valence-corrected chi connectivity index (χ2v) is 5.92.